The first-order valence-electron chi connectivity index (χ1n) is 15.4. The van der Waals surface area contributed by atoms with E-state index in [-0.39, 0.29) is 25.6 Å². The van der Waals surface area contributed by atoms with Gasteiger partial charge in [0.1, 0.15) is 11.5 Å². The lowest BCUT2D eigenvalue weighted by Crippen LogP contribution is -2.29. The highest BCUT2D eigenvalue weighted by Gasteiger charge is 2.29. The van der Waals surface area contributed by atoms with Crippen molar-refractivity contribution in [3.63, 3.8) is 0 Å². The molecule has 0 aliphatic carbocycles. The zero-order valence-electron chi connectivity index (χ0n) is 26.5. The number of carboxylic acids is 1. The average Bonchev–Trinajstić information content (AvgIpc) is 3.39. The Bertz CT molecular complexity index is 1730. The third-order valence-electron chi connectivity index (χ3n) is 7.45. The maximum Gasteiger partial charge on any atom is 0.338 e. The van der Waals surface area contributed by atoms with E-state index in [1.807, 2.05) is 48.7 Å². The first kappa shape index (κ1) is 34.8. The predicted octanol–water partition coefficient (Wildman–Crippen LogP) is 4.91. The summed E-state index contributed by atoms with van der Waals surface area (Å²) in [6, 6.07) is 21.7. The van der Waals surface area contributed by atoms with Crippen LogP contribution in [-0.4, -0.2) is 51.4 Å². The number of benzene rings is 3. The minimum absolute atomic E-state index is 0.107. The number of rotatable bonds is 14. The van der Waals surface area contributed by atoms with Gasteiger partial charge in [0.25, 0.3) is 5.91 Å². The monoisotopic (exact) mass is 641 g/mol. The number of carbonyl (C=O) groups is 3. The molecule has 0 unspecified atom stereocenters. The number of aliphatic hydroxyl groups is 2. The molecule has 9 nitrogen and oxygen atoms in total. The number of carboxylic acid groups (broad SMARTS) is 1. The molecule has 4 rings (SSSR count). The number of aliphatic carboxylic acids is 1. The molecule has 2 atom stereocenters. The number of nitrogens with zero attached hydrogens (tertiary/aromatic N) is 1. The molecule has 3 aromatic carbocycles. The van der Waals surface area contributed by atoms with Crippen LogP contribution in [0.3, 0.4) is 0 Å². The van der Waals surface area contributed by atoms with Gasteiger partial charge >= 0.3 is 5.97 Å². The maximum atomic E-state index is 14.2. The van der Waals surface area contributed by atoms with E-state index < -0.39 is 42.3 Å². The van der Waals surface area contributed by atoms with Crippen molar-refractivity contribution in [2.24, 2.45) is 0 Å². The Morgan fingerprint density at radius 2 is 1.64 bits per heavy atom. The molecule has 4 aromatic rings. The number of hydrogen-bond donors (Lipinski definition) is 3. The number of aromatic nitrogens is 1. The van der Waals surface area contributed by atoms with Crippen LogP contribution in [0, 0.1) is 5.82 Å². The molecule has 3 N–H and O–H groups in total. The molecule has 0 saturated carbocycles. The fourth-order valence-electron chi connectivity index (χ4n) is 5.45. The Morgan fingerprint density at radius 1 is 0.957 bits per heavy atom. The molecule has 1 amide bonds. The van der Waals surface area contributed by atoms with E-state index in [1.54, 1.807) is 49.4 Å². The second kappa shape index (κ2) is 16.0. The lowest BCUT2D eigenvalue weighted by molar-refractivity contribution is -0.307. The number of esters is 1. The van der Waals surface area contributed by atoms with Crippen LogP contribution in [0.4, 0.5) is 4.39 Å². The molecule has 0 radical (unpaired) electrons. The molecule has 246 valence electrons. The standard InChI is InChI=1S/C37H39FN2O7/c1-4-47-37(46)27-12-8-9-24(19-27)22-39-36(45)35-34(25-10-6-5-7-11-25)33(26-13-15-28(38)16-14-26)31(40(35)23(2)3)18-17-29(41)20-30(42)21-32(43)44/h5-19,23,29-30,41-42H,4,20-22H2,1-3H3,(H,39,45)(H,43,44)/p-1/b18-17+/t29-,30-/m1/s1. The fourth-order valence-corrected chi connectivity index (χ4v) is 5.45. The molecule has 0 spiro atoms. The van der Waals surface area contributed by atoms with Crippen molar-refractivity contribution in [3.05, 3.63) is 113 Å². The van der Waals surface area contributed by atoms with Gasteiger partial charge in [-0.1, -0.05) is 60.7 Å². The smallest absolute Gasteiger partial charge is 0.338 e. The zero-order chi connectivity index (χ0) is 34.1. The van der Waals surface area contributed by atoms with Crippen molar-refractivity contribution in [2.75, 3.05) is 6.61 Å². The van der Waals surface area contributed by atoms with Crippen molar-refractivity contribution in [1.29, 1.82) is 0 Å². The summed E-state index contributed by atoms with van der Waals surface area (Å²) in [5.74, 6) is -2.74. The molecule has 0 aliphatic rings. The molecule has 1 aromatic heterocycles. The van der Waals surface area contributed by atoms with Gasteiger partial charge in [-0.05, 0) is 67.8 Å². The highest BCUT2D eigenvalue weighted by atomic mass is 19.1. The number of hydrogen-bond acceptors (Lipinski definition) is 7. The lowest BCUT2D eigenvalue weighted by atomic mass is 9.94. The van der Waals surface area contributed by atoms with Crippen LogP contribution in [-0.2, 0) is 16.1 Å². The van der Waals surface area contributed by atoms with Crippen LogP contribution in [0.25, 0.3) is 28.3 Å². The van der Waals surface area contributed by atoms with E-state index >= 15 is 0 Å². The Morgan fingerprint density at radius 3 is 2.28 bits per heavy atom. The van der Waals surface area contributed by atoms with E-state index in [9.17, 15) is 34.1 Å². The fraction of sp³-hybridized carbons (Fsp3) is 0.270. The summed E-state index contributed by atoms with van der Waals surface area (Å²) in [5.41, 5.74) is 4.43. The maximum absolute atomic E-state index is 14.2. The molecule has 10 heteroatoms. The van der Waals surface area contributed by atoms with Crippen molar-refractivity contribution < 1.29 is 38.8 Å². The van der Waals surface area contributed by atoms with Gasteiger partial charge in [-0.25, -0.2) is 9.18 Å². The van der Waals surface area contributed by atoms with Crippen molar-refractivity contribution in [1.82, 2.24) is 9.88 Å². The molecule has 0 fully saturated rings. The van der Waals surface area contributed by atoms with Gasteiger partial charge in [0.05, 0.1) is 24.4 Å². The Kier molecular flexibility index (Phi) is 11.8. The third kappa shape index (κ3) is 8.81. The van der Waals surface area contributed by atoms with Gasteiger partial charge in [-0.2, -0.15) is 0 Å². The van der Waals surface area contributed by atoms with E-state index in [0.29, 0.717) is 39.2 Å². The minimum atomic E-state index is -1.43. The number of ether oxygens (including phenoxy) is 1. The highest BCUT2D eigenvalue weighted by molar-refractivity contribution is 6.06. The van der Waals surface area contributed by atoms with Gasteiger partial charge in [0, 0.05) is 48.2 Å². The van der Waals surface area contributed by atoms with Crippen molar-refractivity contribution in [2.45, 2.75) is 58.4 Å². The summed E-state index contributed by atoms with van der Waals surface area (Å²) in [5, 5.41) is 34.7. The quantitative estimate of drug-likeness (QED) is 0.166. The summed E-state index contributed by atoms with van der Waals surface area (Å²) in [4.78, 5) is 37.4. The number of halogens is 1. The average molecular weight is 642 g/mol. The van der Waals surface area contributed by atoms with E-state index in [1.165, 1.54) is 18.2 Å². The summed E-state index contributed by atoms with van der Waals surface area (Å²) in [7, 11) is 0. The van der Waals surface area contributed by atoms with Gasteiger partial charge < -0.3 is 34.7 Å². The largest absolute Gasteiger partial charge is 0.550 e. The van der Waals surface area contributed by atoms with Crippen LogP contribution in [0.5, 0.6) is 0 Å². The number of nitrogens with one attached hydrogen (secondary N) is 1. The highest BCUT2D eigenvalue weighted by Crippen LogP contribution is 2.42. The Labute approximate surface area is 273 Å². The van der Waals surface area contributed by atoms with Crippen LogP contribution in [0.15, 0.2) is 84.9 Å². The molecule has 0 bridgehead atoms. The second-order valence-electron chi connectivity index (χ2n) is 11.3. The Balaban J connectivity index is 1.86. The van der Waals surface area contributed by atoms with E-state index in [0.717, 1.165) is 5.56 Å². The third-order valence-corrected chi connectivity index (χ3v) is 7.45. The van der Waals surface area contributed by atoms with Crippen molar-refractivity contribution in [3.8, 4) is 22.3 Å². The predicted molar refractivity (Wildman–Crippen MR) is 175 cm³/mol. The zero-order valence-corrected chi connectivity index (χ0v) is 26.5. The van der Waals surface area contributed by atoms with Crippen LogP contribution in [0.2, 0.25) is 0 Å². The van der Waals surface area contributed by atoms with E-state index in [2.05, 4.69) is 5.32 Å². The number of carbonyl (C=O) groups excluding carboxylic acids is 3. The van der Waals surface area contributed by atoms with Gasteiger partial charge in [0.2, 0.25) is 0 Å². The van der Waals surface area contributed by atoms with Crippen LogP contribution in [0.1, 0.15) is 71.8 Å². The van der Waals surface area contributed by atoms with Gasteiger partial charge in [-0.15, -0.1) is 0 Å². The van der Waals surface area contributed by atoms with Crippen LogP contribution >= 0.6 is 0 Å². The van der Waals surface area contributed by atoms with Crippen LogP contribution < -0.4 is 10.4 Å². The number of amides is 1. The molecule has 1 heterocycles. The van der Waals surface area contributed by atoms with Crippen molar-refractivity contribution >= 4 is 23.9 Å². The first-order valence-corrected chi connectivity index (χ1v) is 15.4. The van der Waals surface area contributed by atoms with E-state index in [4.69, 9.17) is 4.74 Å². The first-order chi connectivity index (χ1) is 22.5. The summed E-state index contributed by atoms with van der Waals surface area (Å²) >= 11 is 0. The molecule has 47 heavy (non-hydrogen) atoms. The normalized spacial score (nSPS) is 12.7. The Hall–Kier alpha value is -5.06. The summed E-state index contributed by atoms with van der Waals surface area (Å²) in [6.45, 7) is 5.87. The molecular weight excluding hydrogens is 603 g/mol. The second-order valence-corrected chi connectivity index (χ2v) is 11.3. The SMILES string of the molecule is CCOC(=O)c1cccc(CNC(=O)c2c(-c3ccccc3)c(-c3ccc(F)cc3)c(/C=C/[C@@H](O)C[C@@H](O)CC(=O)[O-])n2C(C)C)c1. The number of aliphatic hydroxyl groups excluding tert-OH is 2. The topological polar surface area (TPSA) is 141 Å². The molecular formula is C37H38FN2O7-. The van der Waals surface area contributed by atoms with Gasteiger partial charge in [0.15, 0.2) is 0 Å². The minimum Gasteiger partial charge on any atom is -0.550 e. The molecule has 0 aliphatic heterocycles. The summed E-state index contributed by atoms with van der Waals surface area (Å²) in [6.07, 6.45) is -0.360. The summed E-state index contributed by atoms with van der Waals surface area (Å²) < 4.78 is 21.0. The van der Waals surface area contributed by atoms with Gasteiger partial charge in [-0.3, -0.25) is 4.79 Å². The molecule has 0 saturated heterocycles. The lowest BCUT2D eigenvalue weighted by Gasteiger charge is -2.18.